The van der Waals surface area contributed by atoms with Gasteiger partial charge in [-0.1, -0.05) is 44.2 Å². The number of hydrogen-bond donors (Lipinski definition) is 4. The number of amides is 3. The molecule has 220 valence electrons. The third kappa shape index (κ3) is 6.89. The molecule has 40 heavy (non-hydrogen) atoms. The van der Waals surface area contributed by atoms with Crippen LogP contribution in [0.3, 0.4) is 0 Å². The summed E-state index contributed by atoms with van der Waals surface area (Å²) in [4.78, 5) is 41.6. The fourth-order valence-electron chi connectivity index (χ4n) is 7.16. The van der Waals surface area contributed by atoms with Crippen LogP contribution < -0.4 is 27.4 Å². The van der Waals surface area contributed by atoms with E-state index in [9.17, 15) is 14.4 Å². The zero-order chi connectivity index (χ0) is 27.9. The summed E-state index contributed by atoms with van der Waals surface area (Å²) in [5, 5.41) is 9.33. The molecule has 0 radical (unpaired) electrons. The minimum atomic E-state index is -0.608. The molecule has 1 aliphatic carbocycles. The second-order valence-electron chi connectivity index (χ2n) is 12.1. The average molecular weight is 554 g/mol. The van der Waals surface area contributed by atoms with Gasteiger partial charge in [0, 0.05) is 38.8 Å². The molecule has 3 aliphatic rings. The van der Waals surface area contributed by atoms with Gasteiger partial charge in [-0.3, -0.25) is 13.9 Å². The molecule has 0 bridgehead atoms. The van der Waals surface area contributed by atoms with Crippen LogP contribution in [0.2, 0.25) is 0 Å². The zero-order valence-electron chi connectivity index (χ0n) is 23.8. The Kier molecular flexibility index (Phi) is 9.80. The molecule has 0 spiro atoms. The molecule has 2 atom stereocenters. The molecule has 5 rings (SSSR count). The smallest absolute Gasteiger partial charge is 0.329 e. The topological polar surface area (TPSA) is 126 Å². The summed E-state index contributed by atoms with van der Waals surface area (Å²) in [6, 6.07) is 7.11. The van der Waals surface area contributed by atoms with E-state index in [1.54, 1.807) is 4.57 Å². The first-order valence-corrected chi connectivity index (χ1v) is 15.5. The zero-order valence-corrected chi connectivity index (χ0v) is 23.8. The fraction of sp³-hybridized carbons (Fsp3) is 0.700. The predicted molar refractivity (Wildman–Crippen MR) is 157 cm³/mol. The molecule has 0 unspecified atom stereocenters. The molecule has 1 saturated carbocycles. The van der Waals surface area contributed by atoms with Crippen molar-refractivity contribution >= 4 is 23.0 Å². The molecule has 3 heterocycles. The number of para-hydroxylation sites is 2. The van der Waals surface area contributed by atoms with Crippen LogP contribution in [0.4, 0.5) is 4.79 Å². The molecular formula is C30H47N7O3. The Morgan fingerprint density at radius 3 is 2.38 bits per heavy atom. The first-order valence-electron chi connectivity index (χ1n) is 15.5. The van der Waals surface area contributed by atoms with Gasteiger partial charge in [0.15, 0.2) is 0 Å². The van der Waals surface area contributed by atoms with Gasteiger partial charge < -0.3 is 26.6 Å². The van der Waals surface area contributed by atoms with Crippen molar-refractivity contribution in [1.82, 2.24) is 30.0 Å². The number of likely N-dealkylation sites (tertiary alicyclic amines) is 1. The normalized spacial score (nSPS) is 23.9. The number of urea groups is 1. The third-order valence-corrected chi connectivity index (χ3v) is 9.26. The number of rotatable bonds is 8. The number of benzene rings is 1. The summed E-state index contributed by atoms with van der Waals surface area (Å²) >= 11 is 0. The van der Waals surface area contributed by atoms with Crippen LogP contribution in [0, 0.1) is 11.8 Å². The van der Waals surface area contributed by atoms with E-state index in [0.29, 0.717) is 19.0 Å². The number of fused-ring (bicyclic) bond motifs is 1. The first kappa shape index (κ1) is 28.7. The Morgan fingerprint density at radius 1 is 0.950 bits per heavy atom. The van der Waals surface area contributed by atoms with Gasteiger partial charge in [0.25, 0.3) is 0 Å². The fourth-order valence-corrected chi connectivity index (χ4v) is 7.16. The van der Waals surface area contributed by atoms with Gasteiger partial charge in [-0.15, -0.1) is 0 Å². The van der Waals surface area contributed by atoms with Gasteiger partial charge in [-0.2, -0.15) is 0 Å². The van der Waals surface area contributed by atoms with E-state index in [4.69, 9.17) is 5.73 Å². The molecule has 5 N–H and O–H groups in total. The van der Waals surface area contributed by atoms with Crippen LogP contribution in [-0.4, -0.2) is 71.3 Å². The van der Waals surface area contributed by atoms with Crippen molar-refractivity contribution < 1.29 is 9.59 Å². The molecule has 2 saturated heterocycles. The lowest BCUT2D eigenvalue weighted by molar-refractivity contribution is -0.129. The maximum absolute atomic E-state index is 13.9. The molecule has 2 aromatic rings. The summed E-state index contributed by atoms with van der Waals surface area (Å²) in [7, 11) is 0. The second kappa shape index (κ2) is 13.7. The lowest BCUT2D eigenvalue weighted by Crippen LogP contribution is -2.53. The van der Waals surface area contributed by atoms with Gasteiger partial charge in [0.2, 0.25) is 5.91 Å². The standard InChI is InChI=1S/C30H47N7O3/c31-29(39)33-17-19-36-26-10-6-7-11-27(26)37(30(36)40)25-14-18-35(20-22-8-4-2-1-3-5-9-22)21-24(25)28(38)34-23-12-15-32-16-13-23/h6-7,10-11,22-25,32H,1-5,8-9,12-21H2,(H,34,38)(H3,31,33,39)/t24-,25-/m0/s1. The average Bonchev–Trinajstić information content (AvgIpc) is 3.21. The van der Waals surface area contributed by atoms with Gasteiger partial charge in [0.1, 0.15) is 0 Å². The van der Waals surface area contributed by atoms with Crippen LogP contribution in [0.1, 0.15) is 70.3 Å². The number of carbonyl (C=O) groups excluding carboxylic acids is 2. The molecular weight excluding hydrogens is 506 g/mol. The van der Waals surface area contributed by atoms with E-state index < -0.39 is 6.03 Å². The second-order valence-corrected chi connectivity index (χ2v) is 12.1. The molecule has 1 aromatic carbocycles. The van der Waals surface area contributed by atoms with E-state index in [2.05, 4.69) is 20.9 Å². The van der Waals surface area contributed by atoms with E-state index >= 15 is 0 Å². The SMILES string of the molecule is NC(=O)NCCn1c(=O)n([C@H]2CCN(CC3CCCCCCC3)C[C@@H]2C(=O)NC2CCNCC2)c2ccccc21. The number of nitrogens with one attached hydrogen (secondary N) is 3. The Hall–Kier alpha value is -2.85. The van der Waals surface area contributed by atoms with Gasteiger partial charge in [-0.05, 0) is 63.2 Å². The first-order chi connectivity index (χ1) is 19.5. The highest BCUT2D eigenvalue weighted by molar-refractivity contribution is 5.81. The van der Waals surface area contributed by atoms with Crippen molar-refractivity contribution in [2.45, 2.75) is 82.8 Å². The third-order valence-electron chi connectivity index (χ3n) is 9.26. The monoisotopic (exact) mass is 553 g/mol. The Morgan fingerprint density at radius 2 is 1.65 bits per heavy atom. The number of aromatic nitrogens is 2. The maximum atomic E-state index is 13.9. The van der Waals surface area contributed by atoms with Crippen molar-refractivity contribution in [3.05, 3.63) is 34.7 Å². The highest BCUT2D eigenvalue weighted by atomic mass is 16.2. The molecule has 10 nitrogen and oxygen atoms in total. The lowest BCUT2D eigenvalue weighted by Gasteiger charge is -2.40. The minimum absolute atomic E-state index is 0.0680. The van der Waals surface area contributed by atoms with Gasteiger partial charge in [-0.25, -0.2) is 9.59 Å². The Bertz CT molecular complexity index is 1190. The Balaban J connectivity index is 1.41. The maximum Gasteiger partial charge on any atom is 0.329 e. The van der Waals surface area contributed by atoms with Crippen molar-refractivity contribution in [3.8, 4) is 0 Å². The van der Waals surface area contributed by atoms with Crippen LogP contribution in [-0.2, 0) is 11.3 Å². The van der Waals surface area contributed by atoms with E-state index in [-0.39, 0.29) is 36.1 Å². The minimum Gasteiger partial charge on any atom is -0.353 e. The number of nitrogens with two attached hydrogens (primary N) is 1. The number of piperidine rings is 2. The number of carbonyl (C=O) groups is 2. The van der Waals surface area contributed by atoms with Crippen LogP contribution in [0.15, 0.2) is 29.1 Å². The number of primary amides is 1. The molecule has 3 amide bonds. The van der Waals surface area contributed by atoms with Crippen LogP contribution in [0.25, 0.3) is 11.0 Å². The highest BCUT2D eigenvalue weighted by Gasteiger charge is 2.38. The van der Waals surface area contributed by atoms with Crippen LogP contribution in [0.5, 0.6) is 0 Å². The Labute approximate surface area is 237 Å². The van der Waals surface area contributed by atoms with E-state index in [1.807, 2.05) is 28.8 Å². The van der Waals surface area contributed by atoms with Crippen molar-refractivity contribution in [2.24, 2.45) is 17.6 Å². The summed E-state index contributed by atoms with van der Waals surface area (Å²) in [6.07, 6.45) is 11.8. The number of hydrogen-bond acceptors (Lipinski definition) is 5. The quantitative estimate of drug-likeness (QED) is 0.400. The summed E-state index contributed by atoms with van der Waals surface area (Å²) < 4.78 is 3.56. The predicted octanol–water partition coefficient (Wildman–Crippen LogP) is 2.56. The van der Waals surface area contributed by atoms with Crippen molar-refractivity contribution in [2.75, 3.05) is 39.3 Å². The number of nitrogens with zero attached hydrogens (tertiary/aromatic N) is 3. The largest absolute Gasteiger partial charge is 0.353 e. The summed E-state index contributed by atoms with van der Waals surface area (Å²) in [5.74, 6) is 0.448. The molecule has 2 aliphatic heterocycles. The molecule has 3 fully saturated rings. The van der Waals surface area contributed by atoms with E-state index in [0.717, 1.165) is 56.5 Å². The number of imidazole rings is 1. The van der Waals surface area contributed by atoms with Gasteiger partial charge >= 0.3 is 11.7 Å². The van der Waals surface area contributed by atoms with Crippen LogP contribution >= 0.6 is 0 Å². The van der Waals surface area contributed by atoms with Crippen molar-refractivity contribution in [1.29, 1.82) is 0 Å². The van der Waals surface area contributed by atoms with E-state index in [1.165, 1.54) is 44.9 Å². The van der Waals surface area contributed by atoms with Crippen molar-refractivity contribution in [3.63, 3.8) is 0 Å². The lowest BCUT2D eigenvalue weighted by atomic mass is 9.87. The highest BCUT2D eigenvalue weighted by Crippen LogP contribution is 2.33. The van der Waals surface area contributed by atoms with Gasteiger partial charge in [0.05, 0.1) is 23.0 Å². The summed E-state index contributed by atoms with van der Waals surface area (Å²) in [6.45, 7) is 5.02. The molecule has 10 heteroatoms. The molecule has 1 aromatic heterocycles. The summed E-state index contributed by atoms with van der Waals surface area (Å²) in [5.41, 5.74) is 6.78.